The third-order valence-electron chi connectivity index (χ3n) is 2.63. The molecule has 0 fully saturated rings. The molecular formula is C14H23N3. The van der Waals surface area contributed by atoms with E-state index in [1.165, 1.54) is 0 Å². The first-order chi connectivity index (χ1) is 7.99. The van der Waals surface area contributed by atoms with Gasteiger partial charge in [0.15, 0.2) is 0 Å². The van der Waals surface area contributed by atoms with Crippen molar-refractivity contribution in [2.75, 3.05) is 0 Å². The Hall–Kier alpha value is -1.51. The molecule has 3 heteroatoms. The molecule has 1 aromatic rings. The molecule has 3 nitrogen and oxygen atoms in total. The Labute approximate surface area is 103 Å². The lowest BCUT2D eigenvalue weighted by atomic mass is 10.2. The Morgan fingerprint density at radius 3 is 2.59 bits per heavy atom. The van der Waals surface area contributed by atoms with Crippen LogP contribution in [0, 0.1) is 6.92 Å². The summed E-state index contributed by atoms with van der Waals surface area (Å²) in [5.74, 6) is 0. The lowest BCUT2D eigenvalue weighted by Crippen LogP contribution is -2.34. The van der Waals surface area contributed by atoms with Gasteiger partial charge in [-0.3, -0.25) is 4.68 Å². The van der Waals surface area contributed by atoms with E-state index in [0.717, 1.165) is 28.4 Å². The highest BCUT2D eigenvalue weighted by Crippen LogP contribution is 1.97. The normalized spacial score (nSPS) is 15.1. The van der Waals surface area contributed by atoms with Gasteiger partial charge in [0.05, 0.1) is 11.0 Å². The minimum atomic E-state index is 0.336. The first-order valence-electron chi connectivity index (χ1n) is 6.17. The third kappa shape index (κ3) is 2.99. The van der Waals surface area contributed by atoms with Crippen LogP contribution in [0.3, 0.4) is 0 Å². The van der Waals surface area contributed by atoms with Crippen molar-refractivity contribution in [3.05, 3.63) is 28.4 Å². The smallest absolute Gasteiger partial charge is 0.0705 e. The fourth-order valence-electron chi connectivity index (χ4n) is 1.90. The van der Waals surface area contributed by atoms with Crippen molar-refractivity contribution in [2.45, 2.75) is 47.1 Å². The van der Waals surface area contributed by atoms with E-state index in [2.05, 4.69) is 44.1 Å². The van der Waals surface area contributed by atoms with Gasteiger partial charge in [0.2, 0.25) is 0 Å². The number of nitrogens with zero attached hydrogens (tertiary/aromatic N) is 2. The summed E-state index contributed by atoms with van der Waals surface area (Å²) < 4.78 is 2.03. The van der Waals surface area contributed by atoms with E-state index in [1.54, 1.807) is 0 Å². The summed E-state index contributed by atoms with van der Waals surface area (Å²) in [6, 6.07) is 0.336. The molecule has 0 saturated carbocycles. The van der Waals surface area contributed by atoms with Crippen LogP contribution in [-0.2, 0) is 0 Å². The van der Waals surface area contributed by atoms with Gasteiger partial charge in [-0.2, -0.15) is 5.10 Å². The van der Waals surface area contributed by atoms with E-state index in [9.17, 15) is 0 Å². The van der Waals surface area contributed by atoms with E-state index < -0.39 is 0 Å². The van der Waals surface area contributed by atoms with Crippen LogP contribution in [-0.4, -0.2) is 9.78 Å². The number of hydrogen-bond donors (Lipinski definition) is 1. The molecule has 1 rings (SSSR count). The molecule has 2 N–H and O–H groups in total. The van der Waals surface area contributed by atoms with Crippen LogP contribution in [0.15, 0.2) is 12.2 Å². The molecule has 94 valence electrons. The number of aryl methyl sites for hydroxylation is 1. The molecule has 0 aliphatic carbocycles. The molecule has 0 aliphatic rings. The molecule has 0 bridgehead atoms. The monoisotopic (exact) mass is 233 g/mol. The summed E-state index contributed by atoms with van der Waals surface area (Å²) in [5, 5.41) is 6.73. The van der Waals surface area contributed by atoms with Crippen molar-refractivity contribution in [3.8, 4) is 0 Å². The highest BCUT2D eigenvalue weighted by Gasteiger charge is 2.06. The van der Waals surface area contributed by atoms with Gasteiger partial charge in [-0.15, -0.1) is 0 Å². The average molecular weight is 233 g/mol. The topological polar surface area (TPSA) is 43.8 Å². The maximum Gasteiger partial charge on any atom is 0.0705 e. The second-order valence-electron chi connectivity index (χ2n) is 4.57. The van der Waals surface area contributed by atoms with Crippen LogP contribution in [0.5, 0.6) is 0 Å². The van der Waals surface area contributed by atoms with Crippen molar-refractivity contribution in [2.24, 2.45) is 5.73 Å². The fourth-order valence-corrected chi connectivity index (χ4v) is 1.90. The van der Waals surface area contributed by atoms with Gasteiger partial charge >= 0.3 is 0 Å². The molecule has 1 heterocycles. The van der Waals surface area contributed by atoms with E-state index in [0.29, 0.717) is 6.04 Å². The highest BCUT2D eigenvalue weighted by molar-refractivity contribution is 5.43. The zero-order chi connectivity index (χ0) is 13.0. The van der Waals surface area contributed by atoms with Crippen LogP contribution in [0.2, 0.25) is 0 Å². The lowest BCUT2D eigenvalue weighted by Gasteiger charge is -2.05. The molecule has 0 unspecified atom stereocenters. The molecule has 1 aromatic heterocycles. The number of nitrogens with two attached hydrogens (primary N) is 1. The Kier molecular flexibility index (Phi) is 4.55. The van der Waals surface area contributed by atoms with Crippen LogP contribution in [0.4, 0.5) is 0 Å². The maximum absolute atomic E-state index is 5.95. The van der Waals surface area contributed by atoms with E-state index in [1.807, 2.05) is 18.5 Å². The van der Waals surface area contributed by atoms with Gasteiger partial charge in [-0.05, 0) is 40.2 Å². The average Bonchev–Trinajstić information content (AvgIpc) is 2.56. The summed E-state index contributed by atoms with van der Waals surface area (Å²) in [7, 11) is 0. The van der Waals surface area contributed by atoms with Crippen molar-refractivity contribution in [1.82, 2.24) is 9.78 Å². The SMILES string of the molecule is CC/C=C/C=c1\c(=C(/C)N)c(C)nn1C(C)C. The Bertz CT molecular complexity index is 514. The first-order valence-corrected chi connectivity index (χ1v) is 6.17. The maximum atomic E-state index is 5.95. The molecule has 0 spiro atoms. The van der Waals surface area contributed by atoms with Gasteiger partial charge in [0.1, 0.15) is 0 Å². The fraction of sp³-hybridized carbons (Fsp3) is 0.500. The summed E-state index contributed by atoms with van der Waals surface area (Å²) in [6.45, 7) is 10.3. The summed E-state index contributed by atoms with van der Waals surface area (Å²) in [6.07, 6.45) is 7.32. The molecule has 0 radical (unpaired) electrons. The van der Waals surface area contributed by atoms with E-state index in [-0.39, 0.29) is 0 Å². The van der Waals surface area contributed by atoms with Crippen molar-refractivity contribution >= 4 is 11.8 Å². The predicted molar refractivity (Wildman–Crippen MR) is 73.8 cm³/mol. The molecule has 0 amide bonds. The van der Waals surface area contributed by atoms with Crippen LogP contribution in [0.25, 0.3) is 11.8 Å². The molecule has 0 aliphatic heterocycles. The Balaban J connectivity index is 3.59. The Morgan fingerprint density at radius 1 is 1.47 bits per heavy atom. The minimum Gasteiger partial charge on any atom is -0.402 e. The summed E-state index contributed by atoms with van der Waals surface area (Å²) >= 11 is 0. The van der Waals surface area contributed by atoms with Gasteiger partial charge in [-0.25, -0.2) is 0 Å². The zero-order valence-electron chi connectivity index (χ0n) is 11.5. The number of hydrogen-bond acceptors (Lipinski definition) is 2. The van der Waals surface area contributed by atoms with Gasteiger partial charge in [0, 0.05) is 17.0 Å². The van der Waals surface area contributed by atoms with Crippen molar-refractivity contribution in [3.63, 3.8) is 0 Å². The second kappa shape index (κ2) is 5.71. The largest absolute Gasteiger partial charge is 0.402 e. The summed E-state index contributed by atoms with van der Waals surface area (Å²) in [5.41, 5.74) is 7.77. The minimum absolute atomic E-state index is 0.336. The molecule has 0 saturated heterocycles. The quantitative estimate of drug-likeness (QED) is 0.862. The second-order valence-corrected chi connectivity index (χ2v) is 4.57. The zero-order valence-corrected chi connectivity index (χ0v) is 11.5. The van der Waals surface area contributed by atoms with Gasteiger partial charge in [0.25, 0.3) is 0 Å². The van der Waals surface area contributed by atoms with Crippen LogP contribution < -0.4 is 16.3 Å². The predicted octanol–water partition coefficient (Wildman–Crippen LogP) is 1.61. The van der Waals surface area contributed by atoms with Gasteiger partial charge < -0.3 is 5.73 Å². The van der Waals surface area contributed by atoms with Crippen molar-refractivity contribution < 1.29 is 0 Å². The van der Waals surface area contributed by atoms with Crippen molar-refractivity contribution in [1.29, 1.82) is 0 Å². The molecular weight excluding hydrogens is 210 g/mol. The third-order valence-corrected chi connectivity index (χ3v) is 2.63. The Morgan fingerprint density at radius 2 is 2.12 bits per heavy atom. The highest BCUT2D eigenvalue weighted by atomic mass is 15.3. The van der Waals surface area contributed by atoms with E-state index in [4.69, 9.17) is 5.73 Å². The van der Waals surface area contributed by atoms with Gasteiger partial charge in [-0.1, -0.05) is 19.1 Å². The number of aromatic nitrogens is 2. The van der Waals surface area contributed by atoms with Crippen LogP contribution >= 0.6 is 0 Å². The first kappa shape index (κ1) is 13.6. The summed E-state index contributed by atoms with van der Waals surface area (Å²) in [4.78, 5) is 0. The number of allylic oxidation sites excluding steroid dienone is 2. The van der Waals surface area contributed by atoms with Crippen LogP contribution in [0.1, 0.15) is 45.9 Å². The van der Waals surface area contributed by atoms with E-state index >= 15 is 0 Å². The standard InChI is InChI=1S/C14H23N3/c1-6-7-8-9-13-14(11(4)15)12(5)16-17(13)10(2)3/h7-10H,6,15H2,1-5H3/b8-7+,13-9+,14-11+. The molecule has 17 heavy (non-hydrogen) atoms. The molecule has 0 atom stereocenters. The number of rotatable bonds is 3. The molecule has 0 aromatic carbocycles. The lowest BCUT2D eigenvalue weighted by molar-refractivity contribution is 0.515.